The van der Waals surface area contributed by atoms with Crippen molar-refractivity contribution in [2.45, 2.75) is 39.2 Å². The van der Waals surface area contributed by atoms with Gasteiger partial charge in [0.05, 0.1) is 0 Å². The molecular formula is C9H17N. The molecule has 0 aromatic heterocycles. The molecular weight excluding hydrogens is 122 g/mol. The van der Waals surface area contributed by atoms with Crippen molar-refractivity contribution in [1.29, 1.82) is 0 Å². The van der Waals surface area contributed by atoms with E-state index in [9.17, 15) is 0 Å². The first-order chi connectivity index (χ1) is 4.84. The lowest BCUT2D eigenvalue weighted by Crippen LogP contribution is -2.19. The van der Waals surface area contributed by atoms with Crippen molar-refractivity contribution in [2.24, 2.45) is 0 Å². The molecule has 0 amide bonds. The summed E-state index contributed by atoms with van der Waals surface area (Å²) in [5, 5.41) is 0. The molecule has 1 heteroatoms. The molecule has 1 rings (SSSR count). The van der Waals surface area contributed by atoms with Gasteiger partial charge in [0.15, 0.2) is 0 Å². The Morgan fingerprint density at radius 3 is 2.90 bits per heavy atom. The maximum absolute atomic E-state index is 2.43. The van der Waals surface area contributed by atoms with Crippen molar-refractivity contribution in [1.82, 2.24) is 4.90 Å². The molecule has 0 bridgehead atoms. The minimum atomic E-state index is 0.780. The third-order valence-electron chi connectivity index (χ3n) is 2.14. The van der Waals surface area contributed by atoms with Crippen LogP contribution in [0.3, 0.4) is 0 Å². The van der Waals surface area contributed by atoms with Gasteiger partial charge >= 0.3 is 0 Å². The third kappa shape index (κ3) is 1.76. The van der Waals surface area contributed by atoms with Crippen molar-refractivity contribution in [3.8, 4) is 0 Å². The highest BCUT2D eigenvalue weighted by molar-refractivity contribution is 4.88. The van der Waals surface area contributed by atoms with Crippen molar-refractivity contribution < 1.29 is 0 Å². The van der Waals surface area contributed by atoms with E-state index in [0.717, 1.165) is 12.5 Å². The van der Waals surface area contributed by atoms with E-state index < -0.39 is 0 Å². The zero-order chi connectivity index (χ0) is 7.40. The summed E-state index contributed by atoms with van der Waals surface area (Å²) in [4.78, 5) is 2.43. The Hall–Kier alpha value is -0.460. The molecule has 0 unspecified atom stereocenters. The van der Waals surface area contributed by atoms with Crippen molar-refractivity contribution in [2.75, 3.05) is 6.54 Å². The van der Waals surface area contributed by atoms with Gasteiger partial charge in [0.1, 0.15) is 0 Å². The molecule has 10 heavy (non-hydrogen) atoms. The molecule has 0 N–H and O–H groups in total. The Labute approximate surface area is 63.7 Å². The van der Waals surface area contributed by atoms with Gasteiger partial charge in [0.25, 0.3) is 0 Å². The summed E-state index contributed by atoms with van der Waals surface area (Å²) in [7, 11) is 0. The van der Waals surface area contributed by atoms with Crippen LogP contribution in [0, 0.1) is 0 Å². The van der Waals surface area contributed by atoms with Crippen LogP contribution >= 0.6 is 0 Å². The van der Waals surface area contributed by atoms with E-state index >= 15 is 0 Å². The van der Waals surface area contributed by atoms with Crippen molar-refractivity contribution in [3.05, 3.63) is 12.3 Å². The highest BCUT2D eigenvalue weighted by Crippen LogP contribution is 2.16. The SMILES string of the molecule is CC/C=C/N1CCC[C@H]1C. The molecule has 0 saturated carbocycles. The first-order valence-corrected chi connectivity index (χ1v) is 4.27. The first-order valence-electron chi connectivity index (χ1n) is 4.27. The molecule has 0 aromatic rings. The largest absolute Gasteiger partial charge is 0.375 e. The molecule has 1 aliphatic rings. The van der Waals surface area contributed by atoms with Crippen molar-refractivity contribution in [3.63, 3.8) is 0 Å². The van der Waals surface area contributed by atoms with Crippen LogP contribution in [0.1, 0.15) is 33.1 Å². The fourth-order valence-electron chi connectivity index (χ4n) is 1.42. The van der Waals surface area contributed by atoms with Crippen LogP contribution in [0.25, 0.3) is 0 Å². The number of hydrogen-bond donors (Lipinski definition) is 0. The monoisotopic (exact) mass is 139 g/mol. The predicted octanol–water partition coefficient (Wildman–Crippen LogP) is 2.39. The second-order valence-electron chi connectivity index (χ2n) is 3.02. The molecule has 0 radical (unpaired) electrons. The third-order valence-corrected chi connectivity index (χ3v) is 2.14. The molecule has 0 spiro atoms. The average molecular weight is 139 g/mol. The average Bonchev–Trinajstić information content (AvgIpc) is 2.31. The van der Waals surface area contributed by atoms with Crippen LogP contribution < -0.4 is 0 Å². The van der Waals surface area contributed by atoms with Crippen LogP contribution in [0.4, 0.5) is 0 Å². The van der Waals surface area contributed by atoms with Gasteiger partial charge in [-0.15, -0.1) is 0 Å². The predicted molar refractivity (Wildman–Crippen MR) is 44.8 cm³/mol. The van der Waals surface area contributed by atoms with Crippen LogP contribution in [-0.4, -0.2) is 17.5 Å². The minimum Gasteiger partial charge on any atom is -0.375 e. The van der Waals surface area contributed by atoms with Crippen LogP contribution in [0.15, 0.2) is 12.3 Å². The summed E-state index contributed by atoms with van der Waals surface area (Å²) in [6.45, 7) is 5.74. The van der Waals surface area contributed by atoms with Gasteiger partial charge in [-0.1, -0.05) is 13.0 Å². The summed E-state index contributed by atoms with van der Waals surface area (Å²) >= 11 is 0. The van der Waals surface area contributed by atoms with Crippen LogP contribution in [0.5, 0.6) is 0 Å². The van der Waals surface area contributed by atoms with E-state index in [4.69, 9.17) is 0 Å². The molecule has 1 atom stereocenters. The fraction of sp³-hybridized carbons (Fsp3) is 0.778. The van der Waals surface area contributed by atoms with Gasteiger partial charge in [-0.2, -0.15) is 0 Å². The first kappa shape index (κ1) is 7.64. The van der Waals surface area contributed by atoms with Crippen molar-refractivity contribution >= 4 is 0 Å². The van der Waals surface area contributed by atoms with Gasteiger partial charge in [0.2, 0.25) is 0 Å². The standard InChI is InChI=1S/C9H17N/c1-3-4-7-10-8-5-6-9(10)2/h4,7,9H,3,5-6,8H2,1-2H3/b7-4+/t9-/m1/s1. The van der Waals surface area contributed by atoms with Crippen LogP contribution in [-0.2, 0) is 0 Å². The van der Waals surface area contributed by atoms with E-state index in [-0.39, 0.29) is 0 Å². The Kier molecular flexibility index (Phi) is 2.79. The number of hydrogen-bond acceptors (Lipinski definition) is 1. The van der Waals surface area contributed by atoms with E-state index in [1.54, 1.807) is 0 Å². The highest BCUT2D eigenvalue weighted by Gasteiger charge is 2.15. The molecule has 1 saturated heterocycles. The number of allylic oxidation sites excluding steroid dienone is 1. The molecule has 0 aromatic carbocycles. The van der Waals surface area contributed by atoms with Gasteiger partial charge in [-0.3, -0.25) is 0 Å². The summed E-state index contributed by atoms with van der Waals surface area (Å²) < 4.78 is 0. The number of nitrogens with zero attached hydrogens (tertiary/aromatic N) is 1. The summed E-state index contributed by atoms with van der Waals surface area (Å²) in [5.41, 5.74) is 0. The highest BCUT2D eigenvalue weighted by atomic mass is 15.1. The van der Waals surface area contributed by atoms with E-state index in [1.165, 1.54) is 19.4 Å². The van der Waals surface area contributed by atoms with Gasteiger partial charge < -0.3 is 4.90 Å². The van der Waals surface area contributed by atoms with E-state index in [0.29, 0.717) is 0 Å². The fourth-order valence-corrected chi connectivity index (χ4v) is 1.42. The smallest absolute Gasteiger partial charge is 0.0256 e. The molecule has 58 valence electrons. The molecule has 1 heterocycles. The molecule has 1 fully saturated rings. The maximum Gasteiger partial charge on any atom is 0.0256 e. The molecule has 1 nitrogen and oxygen atoms in total. The normalized spacial score (nSPS) is 26.6. The zero-order valence-corrected chi connectivity index (χ0v) is 7.01. The lowest BCUT2D eigenvalue weighted by molar-refractivity contribution is 0.371. The minimum absolute atomic E-state index is 0.780. The zero-order valence-electron chi connectivity index (χ0n) is 7.01. The second-order valence-corrected chi connectivity index (χ2v) is 3.02. The second kappa shape index (κ2) is 3.65. The summed E-state index contributed by atoms with van der Waals surface area (Å²) in [6, 6.07) is 0.780. The Bertz CT molecular complexity index is 118. The number of rotatable bonds is 2. The maximum atomic E-state index is 2.43. The Morgan fingerprint density at radius 2 is 2.40 bits per heavy atom. The van der Waals surface area contributed by atoms with Gasteiger partial charge in [-0.25, -0.2) is 0 Å². The number of likely N-dealkylation sites (tertiary alicyclic amines) is 1. The molecule has 1 aliphatic heterocycles. The summed E-state index contributed by atoms with van der Waals surface area (Å²) in [5.74, 6) is 0. The Balaban J connectivity index is 2.33. The van der Waals surface area contributed by atoms with E-state index in [1.807, 2.05) is 0 Å². The lowest BCUT2D eigenvalue weighted by Gasteiger charge is -2.17. The topological polar surface area (TPSA) is 3.24 Å². The van der Waals surface area contributed by atoms with E-state index in [2.05, 4.69) is 31.0 Å². The Morgan fingerprint density at radius 1 is 1.60 bits per heavy atom. The lowest BCUT2D eigenvalue weighted by atomic mass is 10.2. The molecule has 0 aliphatic carbocycles. The van der Waals surface area contributed by atoms with Crippen LogP contribution in [0.2, 0.25) is 0 Å². The van der Waals surface area contributed by atoms with Gasteiger partial charge in [-0.05, 0) is 32.4 Å². The quantitative estimate of drug-likeness (QED) is 0.568. The van der Waals surface area contributed by atoms with Gasteiger partial charge in [0, 0.05) is 12.6 Å². The summed E-state index contributed by atoms with van der Waals surface area (Å²) in [6.07, 6.45) is 8.38.